The molecule has 0 radical (unpaired) electrons. The molecule has 148 valence electrons. The number of hydrogen-bond acceptors (Lipinski definition) is 2. The second-order valence-corrected chi connectivity index (χ2v) is 7.35. The Balaban J connectivity index is 1.68. The van der Waals surface area contributed by atoms with Crippen LogP contribution in [0.5, 0.6) is 0 Å². The van der Waals surface area contributed by atoms with Gasteiger partial charge >= 0.3 is 6.18 Å². The molecule has 7 heteroatoms. The highest BCUT2D eigenvalue weighted by Gasteiger charge is 2.36. The number of hydrogen-bond donors (Lipinski definition) is 0. The van der Waals surface area contributed by atoms with Crippen molar-refractivity contribution >= 4 is 11.8 Å². The maximum absolute atomic E-state index is 13.2. The van der Waals surface area contributed by atoms with Crippen LogP contribution in [0.15, 0.2) is 24.3 Å². The Morgan fingerprint density at radius 3 is 2.19 bits per heavy atom. The van der Waals surface area contributed by atoms with E-state index in [1.54, 1.807) is 4.90 Å². The Kier molecular flexibility index (Phi) is 6.07. The summed E-state index contributed by atoms with van der Waals surface area (Å²) in [7, 11) is 0. The zero-order valence-corrected chi connectivity index (χ0v) is 15.3. The molecule has 3 rings (SSSR count). The van der Waals surface area contributed by atoms with Gasteiger partial charge in [-0.15, -0.1) is 0 Å². The van der Waals surface area contributed by atoms with Crippen LogP contribution in [0.25, 0.3) is 0 Å². The number of amides is 2. The molecule has 1 saturated carbocycles. The summed E-state index contributed by atoms with van der Waals surface area (Å²) in [6.07, 6.45) is 1.16. The number of rotatable bonds is 2. The lowest BCUT2D eigenvalue weighted by molar-refractivity contribution is -0.138. The Morgan fingerprint density at radius 1 is 0.852 bits per heavy atom. The molecule has 0 aromatic heterocycles. The minimum absolute atomic E-state index is 0.0620. The number of carbonyl (C=O) groups excluding carboxylic acids is 2. The molecule has 1 aromatic rings. The van der Waals surface area contributed by atoms with E-state index in [9.17, 15) is 22.8 Å². The van der Waals surface area contributed by atoms with Crippen molar-refractivity contribution in [2.24, 2.45) is 5.92 Å². The molecular weight excluding hydrogens is 357 g/mol. The molecule has 1 aromatic carbocycles. The van der Waals surface area contributed by atoms with Crippen LogP contribution in [0.2, 0.25) is 0 Å². The number of benzene rings is 1. The molecule has 1 heterocycles. The van der Waals surface area contributed by atoms with Gasteiger partial charge in [0.15, 0.2) is 0 Å². The predicted octanol–water partition coefficient (Wildman–Crippen LogP) is 3.96. The molecule has 27 heavy (non-hydrogen) atoms. The average Bonchev–Trinajstić information content (AvgIpc) is 2.93. The largest absolute Gasteiger partial charge is 0.417 e. The van der Waals surface area contributed by atoms with E-state index in [4.69, 9.17) is 0 Å². The van der Waals surface area contributed by atoms with Gasteiger partial charge in [0.2, 0.25) is 5.91 Å². The zero-order valence-electron chi connectivity index (χ0n) is 15.3. The first-order chi connectivity index (χ1) is 12.9. The normalized spacial score (nSPS) is 19.7. The molecule has 1 aliphatic heterocycles. The Labute approximate surface area is 157 Å². The second-order valence-electron chi connectivity index (χ2n) is 7.35. The fraction of sp³-hybridized carbons (Fsp3) is 0.600. The molecule has 0 atom stereocenters. The van der Waals surface area contributed by atoms with Crippen LogP contribution in [-0.2, 0) is 11.0 Å². The number of nitrogens with zero attached hydrogens (tertiary/aromatic N) is 2. The van der Waals surface area contributed by atoms with Gasteiger partial charge in [0.25, 0.3) is 5.91 Å². The van der Waals surface area contributed by atoms with Crippen LogP contribution >= 0.6 is 0 Å². The highest BCUT2D eigenvalue weighted by Crippen LogP contribution is 2.32. The molecule has 2 fully saturated rings. The van der Waals surface area contributed by atoms with Gasteiger partial charge in [0.05, 0.1) is 11.1 Å². The van der Waals surface area contributed by atoms with E-state index in [1.165, 1.54) is 29.5 Å². The summed E-state index contributed by atoms with van der Waals surface area (Å²) in [5.74, 6) is -0.415. The molecule has 2 aliphatic rings. The van der Waals surface area contributed by atoms with Crippen LogP contribution in [0.1, 0.15) is 54.4 Å². The summed E-state index contributed by atoms with van der Waals surface area (Å²) in [6, 6.07) is 4.89. The molecule has 1 aliphatic carbocycles. The van der Waals surface area contributed by atoms with Gasteiger partial charge in [-0.3, -0.25) is 9.59 Å². The van der Waals surface area contributed by atoms with E-state index in [-0.39, 0.29) is 23.9 Å². The third-order valence-corrected chi connectivity index (χ3v) is 5.51. The van der Waals surface area contributed by atoms with E-state index in [1.807, 2.05) is 0 Å². The van der Waals surface area contributed by atoms with Crippen molar-refractivity contribution in [2.75, 3.05) is 26.2 Å². The van der Waals surface area contributed by atoms with E-state index in [0.717, 1.165) is 31.7 Å². The smallest absolute Gasteiger partial charge is 0.341 e. The van der Waals surface area contributed by atoms with Crippen molar-refractivity contribution in [2.45, 2.75) is 44.7 Å². The number of carbonyl (C=O) groups is 2. The van der Waals surface area contributed by atoms with Gasteiger partial charge in [0.1, 0.15) is 0 Å². The minimum Gasteiger partial charge on any atom is -0.341 e. The van der Waals surface area contributed by atoms with Crippen LogP contribution < -0.4 is 0 Å². The van der Waals surface area contributed by atoms with Crippen molar-refractivity contribution < 1.29 is 22.8 Å². The van der Waals surface area contributed by atoms with Crippen molar-refractivity contribution in [3.8, 4) is 0 Å². The van der Waals surface area contributed by atoms with Crippen LogP contribution in [0.3, 0.4) is 0 Å². The lowest BCUT2D eigenvalue weighted by Crippen LogP contribution is -2.40. The second kappa shape index (κ2) is 8.31. The maximum atomic E-state index is 13.2. The average molecular weight is 382 g/mol. The number of alkyl halides is 3. The predicted molar refractivity (Wildman–Crippen MR) is 95.1 cm³/mol. The van der Waals surface area contributed by atoms with E-state index < -0.39 is 17.6 Å². The van der Waals surface area contributed by atoms with Crippen LogP contribution in [0.4, 0.5) is 13.2 Å². The molecule has 1 saturated heterocycles. The monoisotopic (exact) mass is 382 g/mol. The van der Waals surface area contributed by atoms with Gasteiger partial charge in [-0.05, 0) is 31.4 Å². The zero-order chi connectivity index (χ0) is 19.4. The topological polar surface area (TPSA) is 40.6 Å². The van der Waals surface area contributed by atoms with E-state index >= 15 is 0 Å². The van der Waals surface area contributed by atoms with Gasteiger partial charge in [-0.1, -0.05) is 31.4 Å². The lowest BCUT2D eigenvalue weighted by atomic mass is 9.88. The summed E-state index contributed by atoms with van der Waals surface area (Å²) in [5.41, 5.74) is -1.23. The summed E-state index contributed by atoms with van der Waals surface area (Å²) in [4.78, 5) is 28.7. The first-order valence-corrected chi connectivity index (χ1v) is 9.62. The first kappa shape index (κ1) is 19.7. The van der Waals surface area contributed by atoms with Crippen molar-refractivity contribution in [1.29, 1.82) is 0 Å². The summed E-state index contributed by atoms with van der Waals surface area (Å²) < 4.78 is 39.6. The Morgan fingerprint density at radius 2 is 1.48 bits per heavy atom. The molecule has 0 bridgehead atoms. The summed E-state index contributed by atoms with van der Waals surface area (Å²) in [5, 5.41) is 0. The van der Waals surface area contributed by atoms with Crippen LogP contribution in [-0.4, -0.2) is 47.8 Å². The van der Waals surface area contributed by atoms with E-state index in [0.29, 0.717) is 26.1 Å². The molecule has 2 amide bonds. The maximum Gasteiger partial charge on any atom is 0.417 e. The minimum atomic E-state index is -4.57. The van der Waals surface area contributed by atoms with Gasteiger partial charge in [0, 0.05) is 32.1 Å². The van der Waals surface area contributed by atoms with Crippen molar-refractivity contribution in [1.82, 2.24) is 9.80 Å². The third-order valence-electron chi connectivity index (χ3n) is 5.51. The molecule has 0 spiro atoms. The van der Waals surface area contributed by atoms with Gasteiger partial charge < -0.3 is 9.80 Å². The standard InChI is InChI=1S/C20H25F3N2O2/c21-20(22,23)17-10-5-4-9-16(17)19(27)25-12-6-11-24(13-14-25)18(26)15-7-2-1-3-8-15/h4-5,9-10,15H,1-3,6-8,11-14H2. The molecular formula is C20H25F3N2O2. The fourth-order valence-corrected chi connectivity index (χ4v) is 4.04. The summed E-state index contributed by atoms with van der Waals surface area (Å²) >= 11 is 0. The van der Waals surface area contributed by atoms with Crippen molar-refractivity contribution in [3.05, 3.63) is 35.4 Å². The summed E-state index contributed by atoms with van der Waals surface area (Å²) in [6.45, 7) is 1.57. The fourth-order valence-electron chi connectivity index (χ4n) is 4.04. The Hall–Kier alpha value is -2.05. The third kappa shape index (κ3) is 4.62. The molecule has 0 unspecified atom stereocenters. The Bertz CT molecular complexity index is 684. The van der Waals surface area contributed by atoms with E-state index in [2.05, 4.69) is 0 Å². The van der Waals surface area contributed by atoms with Gasteiger partial charge in [-0.25, -0.2) is 0 Å². The SMILES string of the molecule is O=C(c1ccccc1C(F)(F)F)N1CCCN(C(=O)C2CCCCC2)CC1. The number of halogens is 3. The highest BCUT2D eigenvalue weighted by atomic mass is 19.4. The molecule has 0 N–H and O–H groups in total. The highest BCUT2D eigenvalue weighted by molar-refractivity contribution is 5.96. The van der Waals surface area contributed by atoms with Crippen LogP contribution in [0, 0.1) is 5.92 Å². The van der Waals surface area contributed by atoms with Gasteiger partial charge in [-0.2, -0.15) is 13.2 Å². The van der Waals surface area contributed by atoms with Crippen molar-refractivity contribution in [3.63, 3.8) is 0 Å². The molecule has 4 nitrogen and oxygen atoms in total. The quantitative estimate of drug-likeness (QED) is 0.777. The lowest BCUT2D eigenvalue weighted by Gasteiger charge is -2.28. The first-order valence-electron chi connectivity index (χ1n) is 9.62.